The highest BCUT2D eigenvalue weighted by molar-refractivity contribution is 7.89. The van der Waals surface area contributed by atoms with Gasteiger partial charge in [0, 0.05) is 24.6 Å². The summed E-state index contributed by atoms with van der Waals surface area (Å²) >= 11 is 12.2. The van der Waals surface area contributed by atoms with Gasteiger partial charge in [-0.1, -0.05) is 78.1 Å². The number of hydrogen-bond donors (Lipinski definition) is 1. The number of carbonyl (C=O) groups excluding carboxylic acids is 1. The first-order chi connectivity index (χ1) is 18.5. The minimum Gasteiger partial charge on any atom is -0.339 e. The molecule has 0 aliphatic heterocycles. The van der Waals surface area contributed by atoms with Gasteiger partial charge in [-0.05, 0) is 54.4 Å². The molecule has 0 bridgehead atoms. The highest BCUT2D eigenvalue weighted by Gasteiger charge is 2.27. The van der Waals surface area contributed by atoms with Gasteiger partial charge in [0.2, 0.25) is 21.8 Å². The van der Waals surface area contributed by atoms with Crippen LogP contribution in [-0.4, -0.2) is 35.3 Å². The highest BCUT2D eigenvalue weighted by atomic mass is 35.5. The van der Waals surface area contributed by atoms with E-state index in [2.05, 4.69) is 15.5 Å². The molecule has 1 heterocycles. The zero-order valence-corrected chi connectivity index (χ0v) is 24.0. The maximum absolute atomic E-state index is 13.5. The Morgan fingerprint density at radius 3 is 2.26 bits per heavy atom. The van der Waals surface area contributed by atoms with Gasteiger partial charge in [0.1, 0.15) is 0 Å². The first-order valence-electron chi connectivity index (χ1n) is 12.2. The van der Waals surface area contributed by atoms with E-state index in [9.17, 15) is 13.2 Å². The Hall–Kier alpha value is -3.24. The molecular weight excluding hydrogens is 559 g/mol. The Morgan fingerprint density at radius 2 is 1.64 bits per heavy atom. The topological polar surface area (TPSA) is 105 Å². The molecule has 204 valence electrons. The number of hydrogen-bond acceptors (Lipinski definition) is 6. The number of carbonyl (C=O) groups is 1. The highest BCUT2D eigenvalue weighted by Crippen LogP contribution is 2.25. The summed E-state index contributed by atoms with van der Waals surface area (Å²) < 4.78 is 33.4. The fourth-order valence-corrected chi connectivity index (χ4v) is 5.45. The second kappa shape index (κ2) is 12.3. The van der Waals surface area contributed by atoms with Crippen molar-refractivity contribution in [2.75, 3.05) is 11.9 Å². The molecule has 0 aliphatic rings. The fraction of sp³-hybridized carbons (Fsp3) is 0.250. The Kier molecular flexibility index (Phi) is 9.07. The van der Waals surface area contributed by atoms with Crippen molar-refractivity contribution in [2.45, 2.75) is 44.6 Å². The molecule has 3 aromatic carbocycles. The van der Waals surface area contributed by atoms with Crippen LogP contribution in [0.2, 0.25) is 10.0 Å². The van der Waals surface area contributed by atoms with E-state index < -0.39 is 22.5 Å². The number of anilines is 1. The van der Waals surface area contributed by atoms with Crippen molar-refractivity contribution in [3.05, 3.63) is 105 Å². The third kappa shape index (κ3) is 7.45. The van der Waals surface area contributed by atoms with Gasteiger partial charge >= 0.3 is 0 Å². The van der Waals surface area contributed by atoms with Crippen LogP contribution >= 0.6 is 23.2 Å². The summed E-state index contributed by atoms with van der Waals surface area (Å²) in [6.45, 7) is 5.36. The average molecular weight is 588 g/mol. The molecule has 0 aliphatic carbocycles. The van der Waals surface area contributed by atoms with Gasteiger partial charge in [-0.3, -0.25) is 4.79 Å². The molecule has 39 heavy (non-hydrogen) atoms. The van der Waals surface area contributed by atoms with Crippen LogP contribution in [0.4, 0.5) is 5.69 Å². The summed E-state index contributed by atoms with van der Waals surface area (Å²) in [5.41, 5.74) is 2.99. The van der Waals surface area contributed by atoms with Gasteiger partial charge in [0.05, 0.1) is 21.5 Å². The van der Waals surface area contributed by atoms with Crippen molar-refractivity contribution < 1.29 is 17.7 Å². The van der Waals surface area contributed by atoms with Gasteiger partial charge in [0.15, 0.2) is 5.82 Å². The predicted octanol–water partition coefficient (Wildman–Crippen LogP) is 6.23. The lowest BCUT2D eigenvalue weighted by Gasteiger charge is -2.22. The lowest BCUT2D eigenvalue weighted by atomic mass is 10.1. The third-order valence-electron chi connectivity index (χ3n) is 5.90. The predicted molar refractivity (Wildman–Crippen MR) is 152 cm³/mol. The summed E-state index contributed by atoms with van der Waals surface area (Å²) in [6, 6.07) is 18.5. The van der Waals surface area contributed by atoms with Crippen molar-refractivity contribution in [2.24, 2.45) is 0 Å². The molecule has 0 spiro atoms. The number of rotatable bonds is 10. The normalized spacial score (nSPS) is 11.8. The quantitative estimate of drug-likeness (QED) is 0.236. The van der Waals surface area contributed by atoms with Crippen LogP contribution in [0.5, 0.6) is 0 Å². The molecule has 1 N–H and O–H groups in total. The van der Waals surface area contributed by atoms with Crippen molar-refractivity contribution in [1.82, 2.24) is 14.4 Å². The molecular formula is C28H28Cl2N4O4S. The van der Waals surface area contributed by atoms with E-state index in [1.165, 1.54) is 12.1 Å². The van der Waals surface area contributed by atoms with E-state index in [-0.39, 0.29) is 17.4 Å². The number of benzene rings is 3. The maximum atomic E-state index is 13.5. The SMILES string of the molecule is Cc1ccc(S(=O)(=O)N(CC(=O)Nc2ccc(Cc3noc(C(C)C)n3)cc2)Cc2ccc(Cl)c(Cl)c2)cc1. The molecule has 4 rings (SSSR count). The number of nitrogens with one attached hydrogen (secondary N) is 1. The van der Waals surface area contributed by atoms with Crippen LogP contribution in [-0.2, 0) is 27.8 Å². The summed E-state index contributed by atoms with van der Waals surface area (Å²) in [6.07, 6.45) is 0.483. The summed E-state index contributed by atoms with van der Waals surface area (Å²) in [5.74, 6) is 0.822. The zero-order valence-electron chi connectivity index (χ0n) is 21.7. The molecule has 8 nitrogen and oxygen atoms in total. The molecule has 4 aromatic rings. The molecule has 0 fully saturated rings. The van der Waals surface area contributed by atoms with Gasteiger partial charge < -0.3 is 9.84 Å². The molecule has 11 heteroatoms. The van der Waals surface area contributed by atoms with Crippen LogP contribution < -0.4 is 5.32 Å². The van der Waals surface area contributed by atoms with Crippen LogP contribution in [0.1, 0.15) is 48.2 Å². The van der Waals surface area contributed by atoms with Crippen LogP contribution in [0, 0.1) is 6.92 Å². The molecule has 0 saturated heterocycles. The van der Waals surface area contributed by atoms with Crippen molar-refractivity contribution in [3.63, 3.8) is 0 Å². The standard InChI is InChI=1S/C28H28Cl2N4O4S/c1-18(2)28-32-26(33-38-28)15-20-6-9-22(10-7-20)31-27(35)17-34(16-21-8-13-24(29)25(30)14-21)39(36,37)23-11-4-19(3)5-12-23/h4-14,18H,15-17H2,1-3H3,(H,31,35). The molecule has 1 aromatic heterocycles. The van der Waals surface area contributed by atoms with Gasteiger partial charge in [-0.2, -0.15) is 9.29 Å². The van der Waals surface area contributed by atoms with E-state index in [0.717, 1.165) is 15.4 Å². The van der Waals surface area contributed by atoms with Gasteiger partial charge in [-0.25, -0.2) is 8.42 Å². The third-order valence-corrected chi connectivity index (χ3v) is 8.44. The van der Waals surface area contributed by atoms with Crippen LogP contribution in [0.15, 0.2) is 76.1 Å². The Labute approximate surface area is 238 Å². The number of amides is 1. The number of aryl methyl sites for hydroxylation is 1. The first kappa shape index (κ1) is 28.8. The first-order valence-corrected chi connectivity index (χ1v) is 14.4. The van der Waals surface area contributed by atoms with E-state index in [0.29, 0.717) is 39.4 Å². The van der Waals surface area contributed by atoms with Crippen molar-refractivity contribution in [3.8, 4) is 0 Å². The van der Waals surface area contributed by atoms with Gasteiger partial charge in [-0.15, -0.1) is 0 Å². The lowest BCUT2D eigenvalue weighted by Crippen LogP contribution is -2.37. The van der Waals surface area contributed by atoms with Crippen molar-refractivity contribution >= 4 is 44.8 Å². The number of aromatic nitrogens is 2. The van der Waals surface area contributed by atoms with E-state index >= 15 is 0 Å². The van der Waals surface area contributed by atoms with Crippen LogP contribution in [0.25, 0.3) is 0 Å². The minimum atomic E-state index is -4.00. The largest absolute Gasteiger partial charge is 0.339 e. The monoisotopic (exact) mass is 586 g/mol. The summed E-state index contributed by atoms with van der Waals surface area (Å²) in [5, 5.41) is 7.43. The summed E-state index contributed by atoms with van der Waals surface area (Å²) in [7, 11) is -4.00. The average Bonchev–Trinajstić information content (AvgIpc) is 3.36. The Balaban J connectivity index is 1.49. The molecule has 1 amide bonds. The molecule has 0 atom stereocenters. The molecule has 0 saturated carbocycles. The number of nitrogens with zero attached hydrogens (tertiary/aromatic N) is 3. The lowest BCUT2D eigenvalue weighted by molar-refractivity contribution is -0.116. The van der Waals surface area contributed by atoms with E-state index in [1.807, 2.05) is 32.9 Å². The van der Waals surface area contributed by atoms with E-state index in [1.54, 1.807) is 42.5 Å². The molecule has 0 radical (unpaired) electrons. The minimum absolute atomic E-state index is 0.0669. The zero-order chi connectivity index (χ0) is 28.2. The summed E-state index contributed by atoms with van der Waals surface area (Å²) in [4.78, 5) is 17.5. The molecule has 0 unspecified atom stereocenters. The second-order valence-corrected chi connectivity index (χ2v) is 12.2. The number of halogens is 2. The number of sulfonamides is 1. The Bertz CT molecular complexity index is 1550. The van der Waals surface area contributed by atoms with Crippen LogP contribution in [0.3, 0.4) is 0 Å². The van der Waals surface area contributed by atoms with Gasteiger partial charge in [0.25, 0.3) is 0 Å². The second-order valence-electron chi connectivity index (χ2n) is 9.46. The maximum Gasteiger partial charge on any atom is 0.243 e. The van der Waals surface area contributed by atoms with E-state index in [4.69, 9.17) is 27.7 Å². The Morgan fingerprint density at radius 1 is 0.974 bits per heavy atom. The van der Waals surface area contributed by atoms with Crippen molar-refractivity contribution in [1.29, 1.82) is 0 Å². The fourth-order valence-electron chi connectivity index (χ4n) is 3.75. The smallest absolute Gasteiger partial charge is 0.243 e.